The van der Waals surface area contributed by atoms with Gasteiger partial charge >= 0.3 is 6.09 Å². The van der Waals surface area contributed by atoms with Crippen LogP contribution in [-0.2, 0) is 21.2 Å². The lowest BCUT2D eigenvalue weighted by molar-refractivity contribution is 0.158. The number of benzene rings is 1. The van der Waals surface area contributed by atoms with Gasteiger partial charge in [0, 0.05) is 0 Å². The summed E-state index contributed by atoms with van der Waals surface area (Å²) in [6.45, 7) is 7.53. The molecule has 0 spiro atoms. The molecular formula is C15H22ClNO4SSi. The van der Waals surface area contributed by atoms with Crippen molar-refractivity contribution in [1.29, 1.82) is 0 Å². The Bertz CT molecular complexity index is 696. The van der Waals surface area contributed by atoms with Gasteiger partial charge in [0.05, 0.1) is 11.5 Å². The van der Waals surface area contributed by atoms with Crippen LogP contribution < -0.4 is 4.72 Å². The zero-order chi connectivity index (χ0) is 17.7. The Morgan fingerprint density at radius 1 is 1.39 bits per heavy atom. The van der Waals surface area contributed by atoms with E-state index in [9.17, 15) is 13.2 Å². The molecule has 5 nitrogen and oxygen atoms in total. The number of carbonyl (C=O) groups excluding carboxylic acids is 1. The van der Waals surface area contributed by atoms with E-state index in [1.807, 2.05) is 36.5 Å². The maximum absolute atomic E-state index is 12.4. The van der Waals surface area contributed by atoms with Gasteiger partial charge in [-0.3, -0.25) is 0 Å². The van der Waals surface area contributed by atoms with Crippen molar-refractivity contribution >= 4 is 34.6 Å². The van der Waals surface area contributed by atoms with Gasteiger partial charge in [-0.15, -0.1) is 0 Å². The zero-order valence-corrected chi connectivity index (χ0v) is 16.3. The fraction of sp³-hybridized carbons (Fsp3) is 0.400. The van der Waals surface area contributed by atoms with Crippen LogP contribution in [0.1, 0.15) is 18.1 Å². The van der Waals surface area contributed by atoms with Crippen LogP contribution in [0.25, 0.3) is 0 Å². The van der Waals surface area contributed by atoms with Crippen LogP contribution in [0.3, 0.4) is 0 Å². The van der Waals surface area contributed by atoms with Crippen molar-refractivity contribution in [3.63, 3.8) is 0 Å². The minimum Gasteiger partial charge on any atom is -0.449 e. The van der Waals surface area contributed by atoms with Crippen molar-refractivity contribution in [3.05, 3.63) is 41.1 Å². The summed E-state index contributed by atoms with van der Waals surface area (Å²) in [6.07, 6.45) is 1.31. The summed E-state index contributed by atoms with van der Waals surface area (Å²) < 4.78 is 31.3. The minimum absolute atomic E-state index is 0.0647. The van der Waals surface area contributed by atoms with Crippen LogP contribution in [0.5, 0.6) is 0 Å². The third kappa shape index (κ3) is 6.76. The standard InChI is InChI=1S/C15H22ClNO4SSi/c1-5-21-15(18)17-22(19,20)14-9-8-12(2)11-13(14)7-6-10-23(3,4)16/h6,8-11H,5,7H2,1-4H3,(H,17,18). The Labute approximate surface area is 143 Å². The number of sulfonamides is 1. The van der Waals surface area contributed by atoms with E-state index in [0.29, 0.717) is 12.0 Å². The molecule has 1 amide bonds. The molecule has 0 saturated heterocycles. The van der Waals surface area contributed by atoms with Gasteiger partial charge < -0.3 is 4.74 Å². The fourth-order valence-corrected chi connectivity index (χ4v) is 3.99. The van der Waals surface area contributed by atoms with E-state index in [1.165, 1.54) is 6.07 Å². The third-order valence-corrected chi connectivity index (χ3v) is 5.67. The predicted octanol–water partition coefficient (Wildman–Crippen LogP) is 3.51. The van der Waals surface area contributed by atoms with Gasteiger partial charge in [-0.05, 0) is 31.9 Å². The number of allylic oxidation sites excluding steroid dienone is 1. The molecule has 0 aliphatic rings. The quantitative estimate of drug-likeness (QED) is 0.610. The molecule has 1 aromatic carbocycles. The van der Waals surface area contributed by atoms with E-state index in [-0.39, 0.29) is 11.5 Å². The molecule has 0 atom stereocenters. The van der Waals surface area contributed by atoms with Crippen molar-refractivity contribution in [2.45, 2.75) is 38.3 Å². The number of nitrogens with one attached hydrogen (secondary N) is 1. The second-order valence-corrected chi connectivity index (χ2v) is 13.6. The van der Waals surface area contributed by atoms with Crippen molar-refractivity contribution in [2.24, 2.45) is 0 Å². The second kappa shape index (κ2) is 7.99. The first-order chi connectivity index (χ1) is 10.5. The number of hydrogen-bond donors (Lipinski definition) is 1. The summed E-state index contributed by atoms with van der Waals surface area (Å²) in [5, 5.41) is 0. The summed E-state index contributed by atoms with van der Waals surface area (Å²) in [7, 11) is -5.85. The minimum atomic E-state index is -3.98. The van der Waals surface area contributed by atoms with Crippen molar-refractivity contribution in [3.8, 4) is 0 Å². The van der Waals surface area contributed by atoms with Crippen LogP contribution in [0.4, 0.5) is 4.79 Å². The Balaban J connectivity index is 3.11. The van der Waals surface area contributed by atoms with Gasteiger partial charge in [-0.1, -0.05) is 42.6 Å². The van der Waals surface area contributed by atoms with Gasteiger partial charge in [-0.2, -0.15) is 11.1 Å². The van der Waals surface area contributed by atoms with Gasteiger partial charge in [-0.25, -0.2) is 17.9 Å². The first kappa shape index (κ1) is 19.7. The number of amides is 1. The summed E-state index contributed by atoms with van der Waals surface area (Å²) in [4.78, 5) is 11.5. The molecule has 1 N–H and O–H groups in total. The highest BCUT2D eigenvalue weighted by Crippen LogP contribution is 2.19. The molecule has 0 unspecified atom stereocenters. The van der Waals surface area contributed by atoms with E-state index in [1.54, 1.807) is 19.1 Å². The highest BCUT2D eigenvalue weighted by molar-refractivity contribution is 7.90. The van der Waals surface area contributed by atoms with E-state index >= 15 is 0 Å². The molecule has 23 heavy (non-hydrogen) atoms. The lowest BCUT2D eigenvalue weighted by atomic mass is 10.1. The molecule has 0 heterocycles. The molecule has 8 heteroatoms. The molecule has 1 rings (SSSR count). The number of halogens is 1. The molecular weight excluding hydrogens is 354 g/mol. The van der Waals surface area contributed by atoms with E-state index in [2.05, 4.69) is 4.74 Å². The maximum atomic E-state index is 12.4. The topological polar surface area (TPSA) is 72.5 Å². The van der Waals surface area contributed by atoms with Gasteiger partial charge in [0.1, 0.15) is 0 Å². The van der Waals surface area contributed by atoms with Crippen LogP contribution in [0.2, 0.25) is 13.1 Å². The van der Waals surface area contributed by atoms with E-state index in [0.717, 1.165) is 5.56 Å². The largest absolute Gasteiger partial charge is 0.449 e. The molecule has 1 aromatic rings. The highest BCUT2D eigenvalue weighted by atomic mass is 35.6. The smallest absolute Gasteiger partial charge is 0.421 e. The van der Waals surface area contributed by atoms with Gasteiger partial charge in [0.25, 0.3) is 10.0 Å². The number of rotatable bonds is 6. The molecule has 0 aromatic heterocycles. The molecule has 0 radical (unpaired) electrons. The van der Waals surface area contributed by atoms with E-state index in [4.69, 9.17) is 11.1 Å². The molecule has 128 valence electrons. The van der Waals surface area contributed by atoms with Crippen LogP contribution in [0.15, 0.2) is 34.9 Å². The molecule has 0 aliphatic carbocycles. The Hall–Kier alpha value is -1.31. The summed E-state index contributed by atoms with van der Waals surface area (Å²) in [5.74, 6) is 0. The van der Waals surface area contributed by atoms with Crippen molar-refractivity contribution < 1.29 is 17.9 Å². The zero-order valence-electron chi connectivity index (χ0n) is 13.7. The number of hydrogen-bond acceptors (Lipinski definition) is 4. The molecule has 0 saturated carbocycles. The first-order valence-electron chi connectivity index (χ1n) is 7.21. The summed E-state index contributed by atoms with van der Waals surface area (Å²) >= 11 is 6.22. The number of carbonyl (C=O) groups is 1. The first-order valence-corrected chi connectivity index (χ1v) is 12.8. The lowest BCUT2D eigenvalue weighted by Gasteiger charge is -2.12. The Morgan fingerprint density at radius 3 is 2.61 bits per heavy atom. The monoisotopic (exact) mass is 375 g/mol. The number of aryl methyl sites for hydroxylation is 1. The fourth-order valence-electron chi connectivity index (χ4n) is 1.92. The Morgan fingerprint density at radius 2 is 2.04 bits per heavy atom. The molecule has 0 aliphatic heterocycles. The number of ether oxygens (including phenoxy) is 1. The maximum Gasteiger partial charge on any atom is 0.421 e. The van der Waals surface area contributed by atoms with E-state index < -0.39 is 23.5 Å². The second-order valence-electron chi connectivity index (χ2n) is 5.61. The lowest BCUT2D eigenvalue weighted by Crippen LogP contribution is -2.31. The van der Waals surface area contributed by atoms with Crippen LogP contribution in [0, 0.1) is 6.92 Å². The summed E-state index contributed by atoms with van der Waals surface area (Å²) in [6, 6.07) is 4.96. The normalized spacial score (nSPS) is 12.4. The Kier molecular flexibility index (Phi) is 6.85. The summed E-state index contributed by atoms with van der Waals surface area (Å²) in [5.41, 5.74) is 3.48. The molecule has 0 fully saturated rings. The SMILES string of the molecule is CCOC(=O)NS(=O)(=O)c1ccc(C)cc1CC=C[Si](C)(C)Cl. The van der Waals surface area contributed by atoms with Crippen LogP contribution >= 0.6 is 11.1 Å². The van der Waals surface area contributed by atoms with Crippen LogP contribution in [-0.4, -0.2) is 28.5 Å². The highest BCUT2D eigenvalue weighted by Gasteiger charge is 2.21. The third-order valence-electron chi connectivity index (χ3n) is 2.85. The average Bonchev–Trinajstić information content (AvgIpc) is 2.36. The van der Waals surface area contributed by atoms with Gasteiger partial charge in [0.2, 0.25) is 0 Å². The molecule has 0 bridgehead atoms. The predicted molar refractivity (Wildman–Crippen MR) is 94.7 cm³/mol. The average molecular weight is 376 g/mol. The van der Waals surface area contributed by atoms with Gasteiger partial charge in [0.15, 0.2) is 7.38 Å². The van der Waals surface area contributed by atoms with Crippen molar-refractivity contribution in [1.82, 2.24) is 4.72 Å². The van der Waals surface area contributed by atoms with Crippen molar-refractivity contribution in [2.75, 3.05) is 6.61 Å².